The molecule has 0 saturated carbocycles. The Kier molecular flexibility index (Phi) is 5.66. The van der Waals surface area contributed by atoms with Gasteiger partial charge in [-0.05, 0) is 23.6 Å². The summed E-state index contributed by atoms with van der Waals surface area (Å²) in [6.07, 6.45) is 0.442. The largest absolute Gasteiger partial charge is 0.424 e. The van der Waals surface area contributed by atoms with Crippen molar-refractivity contribution in [2.45, 2.75) is 46.3 Å². The van der Waals surface area contributed by atoms with Crippen molar-refractivity contribution in [1.29, 1.82) is 0 Å². The summed E-state index contributed by atoms with van der Waals surface area (Å²) in [6.45, 7) is 8.45. The van der Waals surface area contributed by atoms with Gasteiger partial charge in [0.05, 0.1) is 6.54 Å². The summed E-state index contributed by atoms with van der Waals surface area (Å²) in [6, 6.07) is 6.42. The Labute approximate surface area is 153 Å². The molecule has 3 rings (SSSR count). The van der Waals surface area contributed by atoms with Crippen LogP contribution < -0.4 is 0 Å². The highest BCUT2D eigenvalue weighted by atomic mass is 19.1. The van der Waals surface area contributed by atoms with E-state index in [1.54, 1.807) is 19.1 Å². The van der Waals surface area contributed by atoms with Gasteiger partial charge in [-0.2, -0.15) is 0 Å². The zero-order valence-corrected chi connectivity index (χ0v) is 15.5. The van der Waals surface area contributed by atoms with Crippen LogP contribution >= 0.6 is 0 Å². The number of amides is 1. The lowest BCUT2D eigenvalue weighted by molar-refractivity contribution is -0.134. The van der Waals surface area contributed by atoms with Crippen molar-refractivity contribution in [3.63, 3.8) is 0 Å². The molecule has 0 spiro atoms. The van der Waals surface area contributed by atoms with Crippen molar-refractivity contribution in [3.8, 4) is 0 Å². The molecule has 0 radical (unpaired) electrons. The Morgan fingerprint density at radius 3 is 2.58 bits per heavy atom. The average Bonchev–Trinajstić information content (AvgIpc) is 2.94. The number of benzene rings is 1. The molecule has 140 valence electrons. The highest BCUT2D eigenvalue weighted by Crippen LogP contribution is 2.22. The molecule has 0 N–H and O–H groups in total. The lowest BCUT2D eigenvalue weighted by Gasteiger charge is -2.34. The van der Waals surface area contributed by atoms with E-state index in [2.05, 4.69) is 28.9 Å². The fourth-order valence-corrected chi connectivity index (χ4v) is 3.34. The van der Waals surface area contributed by atoms with E-state index in [9.17, 15) is 9.18 Å². The van der Waals surface area contributed by atoms with E-state index >= 15 is 0 Å². The smallest absolute Gasteiger partial charge is 0.230 e. The Morgan fingerprint density at radius 2 is 1.96 bits per heavy atom. The lowest BCUT2D eigenvalue weighted by atomic mass is 10.0. The van der Waals surface area contributed by atoms with Gasteiger partial charge in [-0.3, -0.25) is 9.69 Å². The van der Waals surface area contributed by atoms with Crippen LogP contribution in [0.3, 0.4) is 0 Å². The molecule has 1 aromatic carbocycles. The first-order valence-corrected chi connectivity index (χ1v) is 8.97. The second-order valence-electron chi connectivity index (χ2n) is 7.16. The molecule has 2 aromatic rings. The van der Waals surface area contributed by atoms with Crippen molar-refractivity contribution in [2.75, 3.05) is 13.1 Å². The van der Waals surface area contributed by atoms with E-state index in [-0.39, 0.29) is 17.8 Å². The monoisotopic (exact) mass is 360 g/mol. The Bertz CT molecular complexity index is 744. The van der Waals surface area contributed by atoms with E-state index in [0.717, 1.165) is 12.1 Å². The molecule has 2 heterocycles. The van der Waals surface area contributed by atoms with Gasteiger partial charge in [-0.1, -0.05) is 26.0 Å². The minimum Gasteiger partial charge on any atom is -0.424 e. The number of halogens is 1. The van der Waals surface area contributed by atoms with Crippen molar-refractivity contribution in [3.05, 3.63) is 47.4 Å². The third-order valence-electron chi connectivity index (χ3n) is 4.77. The molecule has 1 atom stereocenters. The number of aryl methyl sites for hydroxylation is 1. The van der Waals surface area contributed by atoms with Crippen LogP contribution in [0.2, 0.25) is 0 Å². The molecule has 6 nitrogen and oxygen atoms in total. The van der Waals surface area contributed by atoms with Gasteiger partial charge >= 0.3 is 0 Å². The second-order valence-corrected chi connectivity index (χ2v) is 7.16. The zero-order valence-electron chi connectivity index (χ0n) is 15.5. The lowest BCUT2D eigenvalue weighted by Crippen LogP contribution is -2.45. The predicted molar refractivity (Wildman–Crippen MR) is 94.5 cm³/mol. The fraction of sp³-hybridized carbons (Fsp3) is 0.526. The number of carbonyl (C=O) groups is 1. The number of carbonyl (C=O) groups excluding carboxylic acids is 1. The molecule has 0 bridgehead atoms. The summed E-state index contributed by atoms with van der Waals surface area (Å²) in [4.78, 5) is 16.9. The number of nitrogens with zero attached hydrogens (tertiary/aromatic N) is 4. The molecule has 1 aliphatic heterocycles. The number of aromatic nitrogens is 2. The summed E-state index contributed by atoms with van der Waals surface area (Å²) in [5.74, 6) is 1.27. The fourth-order valence-electron chi connectivity index (χ4n) is 3.34. The van der Waals surface area contributed by atoms with Crippen LogP contribution in [0.25, 0.3) is 0 Å². The molecular formula is C19H25FN4O2. The first-order valence-electron chi connectivity index (χ1n) is 8.97. The minimum atomic E-state index is -0.266. The van der Waals surface area contributed by atoms with Crippen LogP contribution in [-0.2, 0) is 17.9 Å². The summed E-state index contributed by atoms with van der Waals surface area (Å²) in [5.41, 5.74) is 0.936. The topological polar surface area (TPSA) is 62.5 Å². The highest BCUT2D eigenvalue weighted by molar-refractivity contribution is 5.77. The molecule has 26 heavy (non-hydrogen) atoms. The highest BCUT2D eigenvalue weighted by Gasteiger charge is 2.32. The normalized spacial score (nSPS) is 19.2. The molecule has 1 aromatic heterocycles. The van der Waals surface area contributed by atoms with Gasteiger partial charge in [-0.15, -0.1) is 10.2 Å². The molecule has 1 amide bonds. The SMILES string of the molecule is Cc1nnc(CN2CCC(=O)N(Cc3ccc(F)cc3)[C@H](C(C)C)C2)o1. The van der Waals surface area contributed by atoms with Gasteiger partial charge in [0.25, 0.3) is 0 Å². The van der Waals surface area contributed by atoms with Crippen molar-refractivity contribution >= 4 is 5.91 Å². The van der Waals surface area contributed by atoms with Crippen LogP contribution in [0.1, 0.15) is 37.6 Å². The van der Waals surface area contributed by atoms with Crippen molar-refractivity contribution in [1.82, 2.24) is 20.0 Å². The number of hydrogen-bond acceptors (Lipinski definition) is 5. The summed E-state index contributed by atoms with van der Waals surface area (Å²) >= 11 is 0. The molecule has 7 heteroatoms. The molecule has 0 unspecified atom stereocenters. The Balaban J connectivity index is 1.75. The molecule has 1 fully saturated rings. The van der Waals surface area contributed by atoms with Crippen LogP contribution in [0.5, 0.6) is 0 Å². The standard InChI is InChI=1S/C19H25FN4O2/c1-13(2)17-11-23(12-18-22-21-14(3)26-18)9-8-19(25)24(17)10-15-4-6-16(20)7-5-15/h4-7,13,17H,8-12H2,1-3H3/t17-/m0/s1. The van der Waals surface area contributed by atoms with E-state index in [1.807, 2.05) is 4.90 Å². The molecule has 1 aliphatic rings. The summed E-state index contributed by atoms with van der Waals surface area (Å²) < 4.78 is 18.7. The van der Waals surface area contributed by atoms with E-state index < -0.39 is 0 Å². The minimum absolute atomic E-state index is 0.0686. The summed E-state index contributed by atoms with van der Waals surface area (Å²) in [5, 5.41) is 7.93. The van der Waals surface area contributed by atoms with Crippen LogP contribution in [0.4, 0.5) is 4.39 Å². The van der Waals surface area contributed by atoms with Gasteiger partial charge < -0.3 is 9.32 Å². The second kappa shape index (κ2) is 7.95. The quantitative estimate of drug-likeness (QED) is 0.820. The van der Waals surface area contributed by atoms with Gasteiger partial charge in [-0.25, -0.2) is 4.39 Å². The van der Waals surface area contributed by atoms with Gasteiger partial charge in [0, 0.05) is 39.0 Å². The third kappa shape index (κ3) is 4.46. The number of rotatable bonds is 5. The van der Waals surface area contributed by atoms with E-state index in [1.165, 1.54) is 12.1 Å². The van der Waals surface area contributed by atoms with Gasteiger partial charge in [0.1, 0.15) is 5.82 Å². The third-order valence-corrected chi connectivity index (χ3v) is 4.77. The molecular weight excluding hydrogens is 335 g/mol. The number of hydrogen-bond donors (Lipinski definition) is 0. The Hall–Kier alpha value is -2.28. The first-order chi connectivity index (χ1) is 12.4. The van der Waals surface area contributed by atoms with Crippen molar-refractivity contribution < 1.29 is 13.6 Å². The van der Waals surface area contributed by atoms with E-state index in [0.29, 0.717) is 43.8 Å². The van der Waals surface area contributed by atoms with Crippen LogP contribution in [-0.4, -0.2) is 45.0 Å². The van der Waals surface area contributed by atoms with Gasteiger partial charge in [0.15, 0.2) is 0 Å². The molecule has 1 saturated heterocycles. The average molecular weight is 360 g/mol. The maximum atomic E-state index is 13.2. The maximum Gasteiger partial charge on any atom is 0.230 e. The van der Waals surface area contributed by atoms with Crippen LogP contribution in [0, 0.1) is 18.7 Å². The Morgan fingerprint density at radius 1 is 1.23 bits per heavy atom. The van der Waals surface area contributed by atoms with Crippen LogP contribution in [0.15, 0.2) is 28.7 Å². The van der Waals surface area contributed by atoms with Gasteiger partial charge in [0.2, 0.25) is 17.7 Å². The summed E-state index contributed by atoms with van der Waals surface area (Å²) in [7, 11) is 0. The first kappa shape index (κ1) is 18.5. The maximum absolute atomic E-state index is 13.2. The zero-order chi connectivity index (χ0) is 18.7. The molecule has 0 aliphatic carbocycles. The predicted octanol–water partition coefficient (Wildman–Crippen LogP) is 2.78. The van der Waals surface area contributed by atoms with E-state index in [4.69, 9.17) is 4.42 Å². The van der Waals surface area contributed by atoms with Crippen molar-refractivity contribution in [2.24, 2.45) is 5.92 Å².